The molecule has 0 heterocycles. The van der Waals surface area contributed by atoms with Gasteiger partial charge >= 0.3 is 0 Å². The molecule has 0 saturated heterocycles. The maximum Gasteiger partial charge on any atom is 0.269 e. The summed E-state index contributed by atoms with van der Waals surface area (Å²) < 4.78 is 0. The molecule has 1 fully saturated rings. The molecule has 2 rings (SSSR count). The predicted molar refractivity (Wildman–Crippen MR) is 64.4 cm³/mol. The van der Waals surface area contributed by atoms with E-state index in [0.29, 0.717) is 30.4 Å². The van der Waals surface area contributed by atoms with Gasteiger partial charge in [0.05, 0.1) is 4.92 Å². The number of carbonyl (C=O) groups is 2. The number of carbonyl (C=O) groups excluding carboxylic acids is 2. The highest BCUT2D eigenvalue weighted by Crippen LogP contribution is 2.30. The SMILES string of the molecule is Cc1cc([N+](=O)[O-])ccc1C1C(=O)CCCC1=O. The second kappa shape index (κ2) is 4.68. The summed E-state index contributed by atoms with van der Waals surface area (Å²) in [6.07, 6.45) is 1.43. The summed E-state index contributed by atoms with van der Waals surface area (Å²) in [5, 5.41) is 10.6. The van der Waals surface area contributed by atoms with E-state index in [1.165, 1.54) is 18.2 Å². The van der Waals surface area contributed by atoms with Gasteiger partial charge in [0.25, 0.3) is 5.69 Å². The smallest absolute Gasteiger partial charge is 0.269 e. The van der Waals surface area contributed by atoms with Crippen molar-refractivity contribution in [2.24, 2.45) is 0 Å². The van der Waals surface area contributed by atoms with Crippen LogP contribution in [0.3, 0.4) is 0 Å². The summed E-state index contributed by atoms with van der Waals surface area (Å²) in [5.74, 6) is -0.883. The van der Waals surface area contributed by atoms with Crippen molar-refractivity contribution < 1.29 is 14.5 Å². The number of nitro groups is 1. The predicted octanol–water partition coefficient (Wildman–Crippen LogP) is 2.31. The van der Waals surface area contributed by atoms with Gasteiger partial charge in [-0.1, -0.05) is 6.07 Å². The van der Waals surface area contributed by atoms with Crippen molar-refractivity contribution in [3.8, 4) is 0 Å². The first-order valence-corrected chi connectivity index (χ1v) is 5.81. The van der Waals surface area contributed by atoms with Crippen LogP contribution in [-0.2, 0) is 9.59 Å². The number of rotatable bonds is 2. The third-order valence-electron chi connectivity index (χ3n) is 3.27. The van der Waals surface area contributed by atoms with Gasteiger partial charge in [0, 0.05) is 25.0 Å². The first-order chi connectivity index (χ1) is 8.50. The van der Waals surface area contributed by atoms with Crippen LogP contribution in [0.1, 0.15) is 36.3 Å². The standard InChI is InChI=1S/C13H13NO4/c1-8-7-9(14(17)18)5-6-10(8)13-11(15)3-2-4-12(13)16/h5-7,13H,2-4H2,1H3. The normalized spacial score (nSPS) is 16.9. The Hall–Kier alpha value is -2.04. The summed E-state index contributed by atoms with van der Waals surface area (Å²) in [5.41, 5.74) is 1.21. The van der Waals surface area contributed by atoms with Crippen molar-refractivity contribution in [3.05, 3.63) is 39.4 Å². The van der Waals surface area contributed by atoms with Crippen LogP contribution in [0, 0.1) is 17.0 Å². The molecule has 1 aromatic rings. The fraction of sp³-hybridized carbons (Fsp3) is 0.385. The van der Waals surface area contributed by atoms with Crippen LogP contribution in [0.2, 0.25) is 0 Å². The van der Waals surface area contributed by atoms with Crippen LogP contribution in [0.4, 0.5) is 5.69 Å². The van der Waals surface area contributed by atoms with Crippen LogP contribution in [-0.4, -0.2) is 16.5 Å². The Bertz CT molecular complexity index is 520. The van der Waals surface area contributed by atoms with Gasteiger partial charge in [-0.15, -0.1) is 0 Å². The Morgan fingerprint density at radius 1 is 1.22 bits per heavy atom. The minimum atomic E-state index is -0.723. The quantitative estimate of drug-likeness (QED) is 0.456. The zero-order chi connectivity index (χ0) is 13.3. The molecule has 0 amide bonds. The molecular weight excluding hydrogens is 234 g/mol. The monoisotopic (exact) mass is 247 g/mol. The van der Waals surface area contributed by atoms with Gasteiger partial charge in [-0.2, -0.15) is 0 Å². The Morgan fingerprint density at radius 2 is 1.83 bits per heavy atom. The number of hydrogen-bond donors (Lipinski definition) is 0. The van der Waals surface area contributed by atoms with Crippen molar-refractivity contribution in [1.82, 2.24) is 0 Å². The van der Waals surface area contributed by atoms with E-state index in [2.05, 4.69) is 0 Å². The molecule has 0 N–H and O–H groups in total. The number of nitrogens with zero attached hydrogens (tertiary/aromatic N) is 1. The van der Waals surface area contributed by atoms with E-state index in [1.807, 2.05) is 0 Å². The van der Waals surface area contributed by atoms with Gasteiger partial charge in [0.2, 0.25) is 0 Å². The summed E-state index contributed by atoms with van der Waals surface area (Å²) in [6, 6.07) is 4.28. The lowest BCUT2D eigenvalue weighted by molar-refractivity contribution is -0.384. The lowest BCUT2D eigenvalue weighted by Gasteiger charge is -2.21. The van der Waals surface area contributed by atoms with Crippen molar-refractivity contribution >= 4 is 17.3 Å². The molecule has 1 aromatic carbocycles. The van der Waals surface area contributed by atoms with Crippen LogP contribution >= 0.6 is 0 Å². The zero-order valence-electron chi connectivity index (χ0n) is 10.0. The summed E-state index contributed by atoms with van der Waals surface area (Å²) in [4.78, 5) is 33.8. The van der Waals surface area contributed by atoms with Crippen LogP contribution in [0.5, 0.6) is 0 Å². The van der Waals surface area contributed by atoms with Gasteiger partial charge in [-0.25, -0.2) is 0 Å². The Balaban J connectivity index is 2.41. The minimum absolute atomic E-state index is 0.0213. The molecule has 1 aliphatic carbocycles. The Morgan fingerprint density at radius 3 is 2.33 bits per heavy atom. The Labute approximate surface area is 104 Å². The number of aryl methyl sites for hydroxylation is 1. The number of benzene rings is 1. The molecule has 5 nitrogen and oxygen atoms in total. The molecule has 0 unspecified atom stereocenters. The highest BCUT2D eigenvalue weighted by atomic mass is 16.6. The van der Waals surface area contributed by atoms with Gasteiger partial charge in [-0.3, -0.25) is 19.7 Å². The van der Waals surface area contributed by atoms with Crippen LogP contribution < -0.4 is 0 Å². The van der Waals surface area contributed by atoms with Gasteiger partial charge < -0.3 is 0 Å². The third kappa shape index (κ3) is 2.16. The third-order valence-corrected chi connectivity index (χ3v) is 3.27. The van der Waals surface area contributed by atoms with Crippen molar-refractivity contribution in [2.75, 3.05) is 0 Å². The average Bonchev–Trinajstić information content (AvgIpc) is 2.30. The number of nitro benzene ring substituents is 1. The van der Waals surface area contributed by atoms with E-state index in [-0.39, 0.29) is 17.3 Å². The molecule has 0 atom stereocenters. The fourth-order valence-electron chi connectivity index (χ4n) is 2.35. The second-order valence-electron chi connectivity index (χ2n) is 4.52. The highest BCUT2D eigenvalue weighted by molar-refractivity contribution is 6.09. The minimum Gasteiger partial charge on any atom is -0.299 e. The summed E-state index contributed by atoms with van der Waals surface area (Å²) in [6.45, 7) is 1.69. The van der Waals surface area contributed by atoms with Crippen LogP contribution in [0.25, 0.3) is 0 Å². The molecule has 1 saturated carbocycles. The van der Waals surface area contributed by atoms with Crippen LogP contribution in [0.15, 0.2) is 18.2 Å². The van der Waals surface area contributed by atoms with E-state index in [0.717, 1.165) is 0 Å². The molecule has 0 radical (unpaired) electrons. The maximum absolute atomic E-state index is 11.8. The van der Waals surface area contributed by atoms with Crippen molar-refractivity contribution in [2.45, 2.75) is 32.1 Å². The first kappa shape index (κ1) is 12.4. The molecule has 0 aromatic heterocycles. The Kier molecular flexibility index (Phi) is 3.23. The lowest BCUT2D eigenvalue weighted by Crippen LogP contribution is -2.27. The number of ketones is 2. The topological polar surface area (TPSA) is 77.3 Å². The molecule has 0 bridgehead atoms. The summed E-state index contributed by atoms with van der Waals surface area (Å²) in [7, 11) is 0. The van der Waals surface area contributed by atoms with Crippen molar-refractivity contribution in [3.63, 3.8) is 0 Å². The molecule has 1 aliphatic rings. The molecule has 0 aliphatic heterocycles. The second-order valence-corrected chi connectivity index (χ2v) is 4.52. The lowest BCUT2D eigenvalue weighted by atomic mass is 9.80. The van der Waals surface area contributed by atoms with Gasteiger partial charge in [0.1, 0.15) is 17.5 Å². The van der Waals surface area contributed by atoms with E-state index in [4.69, 9.17) is 0 Å². The molecular formula is C13H13NO4. The molecule has 18 heavy (non-hydrogen) atoms. The average molecular weight is 247 g/mol. The van der Waals surface area contributed by atoms with E-state index >= 15 is 0 Å². The number of non-ortho nitro benzene ring substituents is 1. The van der Waals surface area contributed by atoms with Crippen molar-refractivity contribution in [1.29, 1.82) is 0 Å². The molecule has 94 valence electrons. The van der Waals surface area contributed by atoms with E-state index in [1.54, 1.807) is 6.92 Å². The molecule has 5 heteroatoms. The molecule has 0 spiro atoms. The number of Topliss-reactive ketones (excluding diaryl/α,β-unsaturated/α-hetero) is 2. The first-order valence-electron chi connectivity index (χ1n) is 5.81. The maximum atomic E-state index is 11.8. The fourth-order valence-corrected chi connectivity index (χ4v) is 2.35. The van der Waals surface area contributed by atoms with E-state index < -0.39 is 10.8 Å². The van der Waals surface area contributed by atoms with E-state index in [9.17, 15) is 19.7 Å². The van der Waals surface area contributed by atoms with Gasteiger partial charge in [-0.05, 0) is 24.5 Å². The summed E-state index contributed by atoms with van der Waals surface area (Å²) >= 11 is 0. The van der Waals surface area contributed by atoms with Gasteiger partial charge in [0.15, 0.2) is 0 Å². The largest absolute Gasteiger partial charge is 0.299 e. The zero-order valence-corrected chi connectivity index (χ0v) is 10.0. The highest BCUT2D eigenvalue weighted by Gasteiger charge is 2.32. The number of hydrogen-bond acceptors (Lipinski definition) is 4.